The molecule has 0 aliphatic heterocycles. The van der Waals surface area contributed by atoms with Crippen LogP contribution in [0.3, 0.4) is 0 Å². The second-order valence-corrected chi connectivity index (χ2v) is 32.5. The lowest BCUT2D eigenvalue weighted by Gasteiger charge is -2.28. The molecule has 0 saturated carbocycles. The van der Waals surface area contributed by atoms with Crippen molar-refractivity contribution in [2.75, 3.05) is 9.80 Å². The van der Waals surface area contributed by atoms with Crippen LogP contribution < -0.4 is 9.80 Å². The van der Waals surface area contributed by atoms with Crippen molar-refractivity contribution in [3.63, 3.8) is 0 Å². The Morgan fingerprint density at radius 2 is 0.295 bits per heavy atom. The van der Waals surface area contributed by atoms with Crippen LogP contribution in [-0.4, -0.2) is 0 Å². The summed E-state index contributed by atoms with van der Waals surface area (Å²) in [6, 6.07) is 137. The number of nitrogens with zero attached hydrogens (tertiary/aromatic N) is 2. The minimum atomic E-state index is -0.0593. The average molecular weight is 1440 g/mol. The van der Waals surface area contributed by atoms with Crippen LogP contribution >= 0.6 is 0 Å². The number of rotatable bonds is 15. The molecule has 2 heteroatoms. The third-order valence-corrected chi connectivity index (χ3v) is 24.3. The summed E-state index contributed by atoms with van der Waals surface area (Å²) < 4.78 is 0. The van der Waals surface area contributed by atoms with E-state index in [4.69, 9.17) is 0 Å². The van der Waals surface area contributed by atoms with E-state index in [1.54, 1.807) is 0 Å². The summed E-state index contributed by atoms with van der Waals surface area (Å²) in [6.45, 7) is 18.7. The highest BCUT2D eigenvalue weighted by atomic mass is 15.1. The normalized spacial score (nSPS) is 14.8. The zero-order valence-corrected chi connectivity index (χ0v) is 65.0. The van der Waals surface area contributed by atoms with Gasteiger partial charge in [-0.05, 0) is 242 Å². The number of benzene rings is 15. The molecular formula is C110H90N2. The van der Waals surface area contributed by atoms with E-state index in [1.807, 2.05) is 0 Å². The number of para-hydroxylation sites is 1. The van der Waals surface area contributed by atoms with Crippen LogP contribution in [-0.2, 0) is 21.7 Å². The van der Waals surface area contributed by atoms with Gasteiger partial charge in [0.2, 0.25) is 0 Å². The van der Waals surface area contributed by atoms with Gasteiger partial charge in [0.05, 0.1) is 0 Å². The van der Waals surface area contributed by atoms with Crippen molar-refractivity contribution >= 4 is 80.7 Å². The van der Waals surface area contributed by atoms with Crippen molar-refractivity contribution in [3.8, 4) is 55.6 Å². The quantitative estimate of drug-likeness (QED) is 0.101. The predicted molar refractivity (Wildman–Crippen MR) is 479 cm³/mol. The number of fused-ring (bicyclic) bond motifs is 4. The maximum absolute atomic E-state index is 2.37. The smallest absolute Gasteiger partial charge is 0.0462 e. The van der Waals surface area contributed by atoms with Gasteiger partial charge in [0, 0.05) is 55.8 Å². The minimum absolute atomic E-state index is 0.0121. The van der Waals surface area contributed by atoms with Crippen LogP contribution in [0.15, 0.2) is 376 Å². The first kappa shape index (κ1) is 70.5. The Bertz CT molecular complexity index is 5950. The van der Waals surface area contributed by atoms with E-state index in [1.165, 1.54) is 145 Å². The Balaban J connectivity index is 0.000000157. The molecule has 0 bridgehead atoms. The summed E-state index contributed by atoms with van der Waals surface area (Å²) in [5.41, 5.74) is 40.1. The van der Waals surface area contributed by atoms with Crippen molar-refractivity contribution in [2.45, 2.75) is 77.0 Å². The van der Waals surface area contributed by atoms with Gasteiger partial charge < -0.3 is 9.80 Å². The molecule has 0 N–H and O–H groups in total. The zero-order valence-electron chi connectivity index (χ0n) is 65.0. The molecule has 4 aliphatic carbocycles. The first-order chi connectivity index (χ1) is 54.5. The van der Waals surface area contributed by atoms with Gasteiger partial charge in [-0.15, -0.1) is 0 Å². The molecule has 0 heterocycles. The monoisotopic (exact) mass is 1440 g/mol. The summed E-state index contributed by atoms with van der Waals surface area (Å²) in [7, 11) is 0. The molecule has 0 amide bonds. The molecule has 112 heavy (non-hydrogen) atoms. The largest absolute Gasteiger partial charge is 0.311 e. The first-order valence-electron chi connectivity index (χ1n) is 39.4. The number of hydrogen-bond donors (Lipinski definition) is 0. The molecule has 0 unspecified atom stereocenters. The molecule has 0 radical (unpaired) electrons. The van der Waals surface area contributed by atoms with Crippen LogP contribution in [0.5, 0.6) is 0 Å². The van der Waals surface area contributed by atoms with Crippen LogP contribution in [0.2, 0.25) is 0 Å². The molecule has 2 nitrogen and oxygen atoms in total. The third-order valence-electron chi connectivity index (χ3n) is 24.3. The van der Waals surface area contributed by atoms with E-state index in [0.29, 0.717) is 0 Å². The molecule has 4 aliphatic rings. The van der Waals surface area contributed by atoms with E-state index in [0.717, 1.165) is 34.1 Å². The lowest BCUT2D eigenvalue weighted by atomic mass is 9.78. The van der Waals surface area contributed by atoms with Crippen molar-refractivity contribution in [2.24, 2.45) is 0 Å². The second-order valence-electron chi connectivity index (χ2n) is 32.5. The maximum Gasteiger partial charge on any atom is 0.0462 e. The topological polar surface area (TPSA) is 6.48 Å². The maximum atomic E-state index is 2.37. The molecule has 0 atom stereocenters. The fraction of sp³-hybridized carbons (Fsp3) is 0.109. The van der Waals surface area contributed by atoms with Crippen molar-refractivity contribution in [1.29, 1.82) is 0 Å². The Kier molecular flexibility index (Phi) is 18.1. The standard InChI is InChI=1S/C58H47N.C52H43N/c1-57(2)53-16-10-8-14-48(53)38-55(57)46-24-22-43(23-25-46)45-28-34-51(35-29-45)59(52-36-30-47(31-37-52)56-39-49-15-9-11-17-54(49)58(56,3)4)50-32-26-44(27-33-50)42-20-18-41(19-21-42)40-12-6-5-7-13-40;1-51(2)47-16-10-8-12-42(47)34-49(51)40-22-18-36(19-23-40)38-26-30-45(31-27-38)53(44-14-6-5-7-15-44)46-32-28-39(29-33-46)37-20-24-41(25-21-37)50-35-43-13-9-11-17-48(43)52(50,3)4/h5-39H,1-4H3;5-35H,1-4H3. The van der Waals surface area contributed by atoms with Gasteiger partial charge in [-0.1, -0.05) is 359 Å². The number of anilines is 6. The Labute approximate surface area is 661 Å². The van der Waals surface area contributed by atoms with Gasteiger partial charge in [0.15, 0.2) is 0 Å². The molecule has 0 fully saturated rings. The SMILES string of the molecule is CC1(C)C(c2ccc(-c3ccc(N(c4ccc(C5=Cc6ccccc6C5(C)C)cc4)c4ccc(-c5ccc(-c6ccccc6)cc5)cc4)cc3)cc2)=Cc2ccccc21.CC1(C)C(c2ccc(-c3ccc(N(c4ccccc4)c4ccc(-c5ccc(C6=Cc7ccccc7C6(C)C)cc5)cc4)cc3)cc2)=Cc2ccccc21. The highest BCUT2D eigenvalue weighted by molar-refractivity contribution is 5.98. The van der Waals surface area contributed by atoms with Gasteiger partial charge in [0.25, 0.3) is 0 Å². The third kappa shape index (κ3) is 13.1. The lowest BCUT2D eigenvalue weighted by Crippen LogP contribution is -2.16. The average Bonchev–Trinajstić information content (AvgIpc) is 1.60. The summed E-state index contributed by atoms with van der Waals surface area (Å²) in [5, 5.41) is 0. The fourth-order valence-corrected chi connectivity index (χ4v) is 18.0. The Hall–Kier alpha value is -13.1. The van der Waals surface area contributed by atoms with Gasteiger partial charge in [-0.3, -0.25) is 0 Å². The fourth-order valence-electron chi connectivity index (χ4n) is 18.0. The molecule has 15 aromatic rings. The zero-order chi connectivity index (χ0) is 76.3. The summed E-state index contributed by atoms with van der Waals surface area (Å²) in [5.74, 6) is 0. The predicted octanol–water partition coefficient (Wildman–Crippen LogP) is 30.0. The summed E-state index contributed by atoms with van der Waals surface area (Å²) in [4.78, 5) is 4.70. The van der Waals surface area contributed by atoms with E-state index < -0.39 is 0 Å². The molecule has 19 rings (SSSR count). The van der Waals surface area contributed by atoms with Gasteiger partial charge in [-0.2, -0.15) is 0 Å². The van der Waals surface area contributed by atoms with Gasteiger partial charge in [0.1, 0.15) is 0 Å². The van der Waals surface area contributed by atoms with Crippen molar-refractivity contribution in [3.05, 3.63) is 443 Å². The Morgan fingerprint density at radius 3 is 0.509 bits per heavy atom. The molecule has 0 saturated heterocycles. The highest BCUT2D eigenvalue weighted by Crippen LogP contribution is 2.52. The van der Waals surface area contributed by atoms with Crippen molar-refractivity contribution in [1.82, 2.24) is 0 Å². The van der Waals surface area contributed by atoms with Gasteiger partial charge >= 0.3 is 0 Å². The lowest BCUT2D eigenvalue weighted by molar-refractivity contribution is 0.704. The van der Waals surface area contributed by atoms with E-state index in [9.17, 15) is 0 Å². The van der Waals surface area contributed by atoms with Crippen LogP contribution in [0.1, 0.15) is 122 Å². The summed E-state index contributed by atoms with van der Waals surface area (Å²) >= 11 is 0. The molecule has 15 aromatic carbocycles. The van der Waals surface area contributed by atoms with E-state index >= 15 is 0 Å². The first-order valence-corrected chi connectivity index (χ1v) is 39.4. The minimum Gasteiger partial charge on any atom is -0.311 e. The molecule has 0 aromatic heterocycles. The second kappa shape index (κ2) is 28.7. The van der Waals surface area contributed by atoms with Crippen LogP contribution in [0.4, 0.5) is 34.1 Å². The van der Waals surface area contributed by atoms with Gasteiger partial charge in [-0.25, -0.2) is 0 Å². The molecular weight excluding hydrogens is 1350 g/mol. The van der Waals surface area contributed by atoms with Crippen molar-refractivity contribution < 1.29 is 0 Å². The Morgan fingerprint density at radius 1 is 0.143 bits per heavy atom. The van der Waals surface area contributed by atoms with Crippen LogP contribution in [0.25, 0.3) is 102 Å². The summed E-state index contributed by atoms with van der Waals surface area (Å²) in [6.07, 6.45) is 9.44. The number of allylic oxidation sites excluding steroid dienone is 4. The molecule has 0 spiro atoms. The van der Waals surface area contributed by atoms with E-state index in [-0.39, 0.29) is 21.7 Å². The highest BCUT2D eigenvalue weighted by Gasteiger charge is 2.37. The molecule has 540 valence electrons. The number of hydrogen-bond acceptors (Lipinski definition) is 2. The van der Waals surface area contributed by atoms with E-state index in [2.05, 4.69) is 466 Å². The van der Waals surface area contributed by atoms with Crippen LogP contribution in [0, 0.1) is 0 Å².